The van der Waals surface area contributed by atoms with Crippen molar-refractivity contribution in [3.8, 4) is 5.69 Å². The molecule has 0 aliphatic carbocycles. The third-order valence-corrected chi connectivity index (χ3v) is 9.29. The predicted octanol–water partition coefficient (Wildman–Crippen LogP) is 5.07. The van der Waals surface area contributed by atoms with E-state index in [0.29, 0.717) is 12.0 Å². The van der Waals surface area contributed by atoms with E-state index in [0.717, 1.165) is 57.1 Å². The maximum atomic E-state index is 10.6. The van der Waals surface area contributed by atoms with Gasteiger partial charge in [-0.3, -0.25) is 9.47 Å². The van der Waals surface area contributed by atoms with Crippen molar-refractivity contribution in [1.82, 2.24) is 19.7 Å². The van der Waals surface area contributed by atoms with Gasteiger partial charge in [-0.15, -0.1) is 32.9 Å². The fourth-order valence-electron chi connectivity index (χ4n) is 5.77. The van der Waals surface area contributed by atoms with Crippen molar-refractivity contribution >= 4 is 28.4 Å². The van der Waals surface area contributed by atoms with Crippen molar-refractivity contribution in [3.05, 3.63) is 80.7 Å². The van der Waals surface area contributed by atoms with Gasteiger partial charge in [0.2, 0.25) is 0 Å². The monoisotopic (exact) mass is 505 g/mol. The van der Waals surface area contributed by atoms with Crippen molar-refractivity contribution in [2.75, 3.05) is 24.5 Å². The quantitative estimate of drug-likeness (QED) is 0.380. The lowest BCUT2D eigenvalue weighted by Gasteiger charge is -2.42. The third kappa shape index (κ3) is 4.44. The first-order chi connectivity index (χ1) is 17.2. The fourth-order valence-corrected chi connectivity index (χ4v) is 7.65. The minimum atomic E-state index is -0.220. The standard InChI is InChI=1S/C27H31N5OS2/c1-19-28-29-26-18-31(21-7-2-3-8-22(21)32(19)26)13-6-12-30-14-11-20(33)17-23(30)27(24-9-4-15-34-24)25-10-5-16-35-25/h2-5,7-10,15-16,20,23,27,33H,6,11-14,17-18H2,1H3. The molecular weight excluding hydrogens is 474 g/mol. The highest BCUT2D eigenvalue weighted by Crippen LogP contribution is 2.40. The molecule has 2 atom stereocenters. The maximum Gasteiger partial charge on any atom is 0.157 e. The molecule has 1 fully saturated rings. The first-order valence-electron chi connectivity index (χ1n) is 12.4. The number of aryl methyl sites for hydroxylation is 1. The largest absolute Gasteiger partial charge is 0.393 e. The summed E-state index contributed by atoms with van der Waals surface area (Å²) >= 11 is 3.67. The van der Waals surface area contributed by atoms with Crippen molar-refractivity contribution in [2.45, 2.75) is 50.8 Å². The van der Waals surface area contributed by atoms with Crippen molar-refractivity contribution in [1.29, 1.82) is 0 Å². The zero-order chi connectivity index (χ0) is 23.8. The number of rotatable bonds is 7. The van der Waals surface area contributed by atoms with E-state index >= 15 is 0 Å². The number of hydrogen-bond acceptors (Lipinski definition) is 7. The number of aliphatic hydroxyl groups is 1. The molecule has 6 rings (SSSR count). The fraction of sp³-hybridized carbons (Fsp3) is 0.407. The zero-order valence-corrected chi connectivity index (χ0v) is 21.6. The van der Waals surface area contributed by atoms with Gasteiger partial charge in [0.15, 0.2) is 5.82 Å². The van der Waals surface area contributed by atoms with Crippen LogP contribution in [-0.4, -0.2) is 56.6 Å². The van der Waals surface area contributed by atoms with Crippen LogP contribution < -0.4 is 4.90 Å². The summed E-state index contributed by atoms with van der Waals surface area (Å²) in [6.45, 7) is 5.74. The number of aliphatic hydroxyl groups excluding tert-OH is 1. The number of fused-ring (bicyclic) bond motifs is 3. The summed E-state index contributed by atoms with van der Waals surface area (Å²) in [5.41, 5.74) is 2.43. The molecule has 5 heterocycles. The van der Waals surface area contributed by atoms with Crippen LogP contribution in [0.25, 0.3) is 5.69 Å². The molecule has 2 aliphatic heterocycles. The number of nitrogens with zero attached hydrogens (tertiary/aromatic N) is 5. The van der Waals surface area contributed by atoms with E-state index in [1.54, 1.807) is 0 Å². The van der Waals surface area contributed by atoms with E-state index in [1.165, 1.54) is 21.1 Å². The van der Waals surface area contributed by atoms with Gasteiger partial charge in [0.25, 0.3) is 0 Å². The summed E-state index contributed by atoms with van der Waals surface area (Å²) in [6, 6.07) is 17.7. The van der Waals surface area contributed by atoms with Gasteiger partial charge in [-0.2, -0.15) is 0 Å². The number of hydrogen-bond donors (Lipinski definition) is 1. The lowest BCUT2D eigenvalue weighted by atomic mass is 9.86. The second-order valence-electron chi connectivity index (χ2n) is 9.55. The number of benzene rings is 1. The topological polar surface area (TPSA) is 57.4 Å². The van der Waals surface area contributed by atoms with Crippen molar-refractivity contribution in [3.63, 3.8) is 0 Å². The Bertz CT molecular complexity index is 1220. The zero-order valence-electron chi connectivity index (χ0n) is 20.0. The van der Waals surface area contributed by atoms with E-state index in [9.17, 15) is 5.11 Å². The summed E-state index contributed by atoms with van der Waals surface area (Å²) in [5.74, 6) is 2.27. The molecular formula is C27H31N5OS2. The highest BCUT2D eigenvalue weighted by atomic mass is 32.1. The van der Waals surface area contributed by atoms with Crippen LogP contribution in [0.15, 0.2) is 59.3 Å². The van der Waals surface area contributed by atoms with Gasteiger partial charge in [0, 0.05) is 41.3 Å². The number of piperidine rings is 1. The summed E-state index contributed by atoms with van der Waals surface area (Å²) in [4.78, 5) is 7.88. The minimum absolute atomic E-state index is 0.220. The highest BCUT2D eigenvalue weighted by molar-refractivity contribution is 7.11. The Morgan fingerprint density at radius 2 is 1.71 bits per heavy atom. The van der Waals surface area contributed by atoms with Crippen LogP contribution >= 0.6 is 22.7 Å². The smallest absolute Gasteiger partial charge is 0.157 e. The molecule has 0 amide bonds. The molecule has 6 nitrogen and oxygen atoms in total. The molecule has 0 bridgehead atoms. The Labute approximate surface area is 214 Å². The van der Waals surface area contributed by atoms with Crippen LogP contribution in [0.4, 0.5) is 5.69 Å². The molecule has 2 unspecified atom stereocenters. The van der Waals surface area contributed by atoms with E-state index in [1.807, 2.05) is 29.6 Å². The van der Waals surface area contributed by atoms with E-state index in [2.05, 4.69) is 83.9 Å². The molecule has 0 saturated carbocycles. The Balaban J connectivity index is 1.20. The SMILES string of the molecule is Cc1nnc2n1-c1ccccc1N(CCCN1CCC(O)CC1C(c1cccs1)c1cccs1)C2. The molecule has 3 aromatic heterocycles. The lowest BCUT2D eigenvalue weighted by Crippen LogP contribution is -2.48. The van der Waals surface area contributed by atoms with Crippen LogP contribution in [0.2, 0.25) is 0 Å². The number of aromatic nitrogens is 3. The van der Waals surface area contributed by atoms with Gasteiger partial charge < -0.3 is 10.0 Å². The number of likely N-dealkylation sites (tertiary alicyclic amines) is 1. The number of anilines is 1. The average molecular weight is 506 g/mol. The lowest BCUT2D eigenvalue weighted by molar-refractivity contribution is 0.0355. The average Bonchev–Trinajstić information content (AvgIpc) is 3.65. The molecule has 1 N–H and O–H groups in total. The van der Waals surface area contributed by atoms with Crippen LogP contribution in [0.5, 0.6) is 0 Å². The van der Waals surface area contributed by atoms with Gasteiger partial charge in [-0.25, -0.2) is 0 Å². The maximum absolute atomic E-state index is 10.6. The molecule has 1 aromatic carbocycles. The molecule has 0 spiro atoms. The van der Waals surface area contributed by atoms with Crippen LogP contribution in [-0.2, 0) is 6.54 Å². The minimum Gasteiger partial charge on any atom is -0.393 e. The molecule has 2 aliphatic rings. The number of para-hydroxylation sites is 2. The van der Waals surface area contributed by atoms with Gasteiger partial charge in [0.1, 0.15) is 5.82 Å². The van der Waals surface area contributed by atoms with E-state index in [4.69, 9.17) is 0 Å². The first-order valence-corrected chi connectivity index (χ1v) is 14.2. The van der Waals surface area contributed by atoms with Gasteiger partial charge >= 0.3 is 0 Å². The second-order valence-corrected chi connectivity index (χ2v) is 11.5. The van der Waals surface area contributed by atoms with Crippen LogP contribution in [0, 0.1) is 6.92 Å². The highest BCUT2D eigenvalue weighted by Gasteiger charge is 2.36. The Morgan fingerprint density at radius 3 is 2.43 bits per heavy atom. The molecule has 35 heavy (non-hydrogen) atoms. The Kier molecular flexibility index (Phi) is 6.45. The van der Waals surface area contributed by atoms with Crippen molar-refractivity contribution < 1.29 is 5.11 Å². The normalized spacial score (nSPS) is 20.3. The summed E-state index contributed by atoms with van der Waals surface area (Å²) in [7, 11) is 0. The summed E-state index contributed by atoms with van der Waals surface area (Å²) in [6.07, 6.45) is 2.53. The van der Waals surface area contributed by atoms with Crippen LogP contribution in [0.1, 0.15) is 46.6 Å². The van der Waals surface area contributed by atoms with Crippen molar-refractivity contribution in [2.24, 2.45) is 0 Å². The van der Waals surface area contributed by atoms with Crippen LogP contribution in [0.3, 0.4) is 0 Å². The molecule has 182 valence electrons. The van der Waals surface area contributed by atoms with E-state index < -0.39 is 0 Å². The molecule has 8 heteroatoms. The summed E-state index contributed by atoms with van der Waals surface area (Å²) < 4.78 is 2.18. The second kappa shape index (κ2) is 9.85. The van der Waals surface area contributed by atoms with Gasteiger partial charge in [-0.05, 0) is 61.2 Å². The molecule has 1 saturated heterocycles. The Morgan fingerprint density at radius 1 is 0.971 bits per heavy atom. The third-order valence-electron chi connectivity index (χ3n) is 7.38. The first kappa shape index (κ1) is 22.9. The van der Waals surface area contributed by atoms with E-state index in [-0.39, 0.29) is 6.10 Å². The summed E-state index contributed by atoms with van der Waals surface area (Å²) in [5, 5.41) is 23.7. The van der Waals surface area contributed by atoms with Gasteiger partial charge in [0.05, 0.1) is 24.0 Å². The Hall–Kier alpha value is -2.52. The molecule has 4 aromatic rings. The van der Waals surface area contributed by atoms with Gasteiger partial charge in [-0.1, -0.05) is 24.3 Å². The molecule has 0 radical (unpaired) electrons. The number of thiophene rings is 2. The predicted molar refractivity (Wildman–Crippen MR) is 143 cm³/mol.